The van der Waals surface area contributed by atoms with Gasteiger partial charge in [0.15, 0.2) is 0 Å². The molecule has 2 amide bonds. The van der Waals surface area contributed by atoms with Gasteiger partial charge in [-0.1, -0.05) is 13.8 Å². The van der Waals surface area contributed by atoms with E-state index in [4.69, 9.17) is 5.11 Å². The highest BCUT2D eigenvalue weighted by atomic mass is 16.5. The number of urea groups is 1. The molecule has 0 bridgehead atoms. The number of piperidine rings is 1. The molecule has 7 heteroatoms. The lowest BCUT2D eigenvalue weighted by atomic mass is 9.83. The summed E-state index contributed by atoms with van der Waals surface area (Å²) in [5.74, 6) is -1.64. The van der Waals surface area contributed by atoms with Crippen LogP contribution in [0.3, 0.4) is 0 Å². The van der Waals surface area contributed by atoms with Crippen LogP contribution in [0.15, 0.2) is 0 Å². The van der Waals surface area contributed by atoms with Crippen LogP contribution in [-0.2, 0) is 14.3 Å². The number of carbonyl (C=O) groups excluding carboxylic acids is 2. The van der Waals surface area contributed by atoms with E-state index in [1.54, 1.807) is 4.90 Å². The number of nitrogens with one attached hydrogen (secondary N) is 1. The third-order valence-electron chi connectivity index (χ3n) is 3.86. The first-order valence-electron chi connectivity index (χ1n) is 7.10. The number of carboxylic acid groups (broad SMARTS) is 1. The molecule has 0 aliphatic carbocycles. The van der Waals surface area contributed by atoms with Gasteiger partial charge < -0.3 is 20.1 Å². The molecule has 7 nitrogen and oxygen atoms in total. The Morgan fingerprint density at radius 2 is 1.86 bits per heavy atom. The first kappa shape index (κ1) is 17.3. The van der Waals surface area contributed by atoms with Gasteiger partial charge in [0.05, 0.1) is 7.11 Å². The van der Waals surface area contributed by atoms with Crippen molar-refractivity contribution in [3.8, 4) is 0 Å². The van der Waals surface area contributed by atoms with E-state index in [2.05, 4.69) is 23.9 Å². The van der Waals surface area contributed by atoms with Crippen molar-refractivity contribution in [1.29, 1.82) is 0 Å². The van der Waals surface area contributed by atoms with E-state index in [0.717, 1.165) is 12.8 Å². The largest absolute Gasteiger partial charge is 0.480 e. The molecule has 1 aliphatic rings. The summed E-state index contributed by atoms with van der Waals surface area (Å²) in [6.45, 7) is 5.53. The molecule has 0 unspecified atom stereocenters. The van der Waals surface area contributed by atoms with Crippen LogP contribution in [-0.4, -0.2) is 54.2 Å². The molecule has 0 aromatic heterocycles. The second-order valence-electron chi connectivity index (χ2n) is 6.11. The third-order valence-corrected chi connectivity index (χ3v) is 3.86. The van der Waals surface area contributed by atoms with Crippen LogP contribution >= 0.6 is 0 Å². The van der Waals surface area contributed by atoms with Gasteiger partial charge in [-0.2, -0.15) is 0 Å². The van der Waals surface area contributed by atoms with E-state index < -0.39 is 18.0 Å². The molecule has 0 spiro atoms. The fourth-order valence-electron chi connectivity index (χ4n) is 2.18. The number of esters is 1. The fourth-order valence-corrected chi connectivity index (χ4v) is 2.18. The number of ether oxygens (including phenoxy) is 1. The van der Waals surface area contributed by atoms with Crippen LogP contribution in [0.25, 0.3) is 0 Å². The average Bonchev–Trinajstić information content (AvgIpc) is 2.42. The molecular formula is C14H24N2O5. The van der Waals surface area contributed by atoms with Gasteiger partial charge in [0.25, 0.3) is 0 Å². The molecule has 0 aromatic rings. The monoisotopic (exact) mass is 300 g/mol. The Hall–Kier alpha value is -1.79. The summed E-state index contributed by atoms with van der Waals surface area (Å²) < 4.78 is 4.47. The number of carbonyl (C=O) groups is 3. The van der Waals surface area contributed by atoms with Crippen molar-refractivity contribution >= 4 is 18.0 Å². The number of aliphatic carboxylic acids is 1. The van der Waals surface area contributed by atoms with Gasteiger partial charge in [-0.3, -0.25) is 4.79 Å². The lowest BCUT2D eigenvalue weighted by Gasteiger charge is -2.37. The summed E-state index contributed by atoms with van der Waals surface area (Å²) in [5, 5.41) is 11.6. The zero-order chi connectivity index (χ0) is 16.0. The Balaban J connectivity index is 2.49. The Morgan fingerprint density at radius 1 is 1.29 bits per heavy atom. The van der Waals surface area contributed by atoms with Crippen molar-refractivity contribution in [3.05, 3.63) is 0 Å². The van der Waals surface area contributed by atoms with Crippen molar-refractivity contribution < 1.29 is 24.2 Å². The average molecular weight is 300 g/mol. The predicted molar refractivity (Wildman–Crippen MR) is 75.8 cm³/mol. The summed E-state index contributed by atoms with van der Waals surface area (Å²) >= 11 is 0. The van der Waals surface area contributed by atoms with Gasteiger partial charge in [0, 0.05) is 19.5 Å². The molecule has 120 valence electrons. The van der Waals surface area contributed by atoms with Crippen LogP contribution in [0.2, 0.25) is 0 Å². The van der Waals surface area contributed by atoms with Gasteiger partial charge in [-0.15, -0.1) is 0 Å². The summed E-state index contributed by atoms with van der Waals surface area (Å²) in [5.41, 5.74) is 0.216. The number of carboxylic acids is 1. The molecule has 1 heterocycles. The standard InChI is InChI=1S/C14H24N2O5/c1-14(2)6-8-16(9-7-14)13(20)15-10(12(18)19)4-5-11(17)21-3/h10H,4-9H2,1-3H3,(H,15,20)(H,18,19)/t10-/m1/s1. The Labute approximate surface area is 124 Å². The highest BCUT2D eigenvalue weighted by Crippen LogP contribution is 2.29. The maximum atomic E-state index is 12.1. The summed E-state index contributed by atoms with van der Waals surface area (Å²) in [6.07, 6.45) is 1.76. The van der Waals surface area contributed by atoms with Crippen LogP contribution in [0.5, 0.6) is 0 Å². The number of hydrogen-bond acceptors (Lipinski definition) is 4. The Kier molecular flexibility index (Phi) is 5.99. The van der Waals surface area contributed by atoms with Gasteiger partial charge in [-0.25, -0.2) is 9.59 Å². The van der Waals surface area contributed by atoms with Gasteiger partial charge in [0.1, 0.15) is 6.04 Å². The number of hydrogen-bond donors (Lipinski definition) is 2. The quantitative estimate of drug-likeness (QED) is 0.744. The molecule has 0 saturated carbocycles. The number of amides is 2. The minimum Gasteiger partial charge on any atom is -0.480 e. The predicted octanol–water partition coefficient (Wildman–Crippen LogP) is 1.22. The summed E-state index contributed by atoms with van der Waals surface area (Å²) in [7, 11) is 1.24. The van der Waals surface area contributed by atoms with Crippen molar-refractivity contribution in [2.24, 2.45) is 5.41 Å². The van der Waals surface area contributed by atoms with Gasteiger partial charge in [0.2, 0.25) is 0 Å². The van der Waals surface area contributed by atoms with Crippen molar-refractivity contribution in [3.63, 3.8) is 0 Å². The zero-order valence-electron chi connectivity index (χ0n) is 12.8. The maximum Gasteiger partial charge on any atom is 0.326 e. The molecule has 21 heavy (non-hydrogen) atoms. The minimum atomic E-state index is -1.15. The van der Waals surface area contributed by atoms with E-state index in [-0.39, 0.29) is 24.3 Å². The van der Waals surface area contributed by atoms with E-state index in [0.29, 0.717) is 13.1 Å². The molecule has 1 saturated heterocycles. The van der Waals surface area contributed by atoms with Crippen LogP contribution < -0.4 is 5.32 Å². The van der Waals surface area contributed by atoms with E-state index in [1.807, 2.05) is 0 Å². The molecule has 0 radical (unpaired) electrons. The van der Waals surface area contributed by atoms with Crippen molar-refractivity contribution in [2.75, 3.05) is 20.2 Å². The Morgan fingerprint density at radius 3 is 2.33 bits per heavy atom. The van der Waals surface area contributed by atoms with Crippen LogP contribution in [0.1, 0.15) is 39.5 Å². The normalized spacial score (nSPS) is 18.7. The first-order valence-corrected chi connectivity index (χ1v) is 7.10. The lowest BCUT2D eigenvalue weighted by molar-refractivity contribution is -0.142. The van der Waals surface area contributed by atoms with Gasteiger partial charge >= 0.3 is 18.0 Å². The summed E-state index contributed by atoms with van der Waals surface area (Å²) in [6, 6.07) is -1.46. The maximum absolute atomic E-state index is 12.1. The molecule has 1 rings (SSSR count). The van der Waals surface area contributed by atoms with E-state index in [9.17, 15) is 14.4 Å². The number of nitrogens with zero attached hydrogens (tertiary/aromatic N) is 1. The number of methoxy groups -OCH3 is 1. The molecule has 0 aromatic carbocycles. The zero-order valence-corrected chi connectivity index (χ0v) is 12.8. The van der Waals surface area contributed by atoms with Crippen molar-refractivity contribution in [2.45, 2.75) is 45.6 Å². The number of likely N-dealkylation sites (tertiary alicyclic amines) is 1. The highest BCUT2D eigenvalue weighted by Gasteiger charge is 2.30. The lowest BCUT2D eigenvalue weighted by Crippen LogP contribution is -2.51. The topological polar surface area (TPSA) is 95.9 Å². The van der Waals surface area contributed by atoms with E-state index in [1.165, 1.54) is 7.11 Å². The first-order chi connectivity index (χ1) is 9.75. The highest BCUT2D eigenvalue weighted by molar-refractivity contribution is 5.83. The van der Waals surface area contributed by atoms with Crippen molar-refractivity contribution in [1.82, 2.24) is 10.2 Å². The molecule has 2 N–H and O–H groups in total. The second-order valence-corrected chi connectivity index (χ2v) is 6.11. The summed E-state index contributed by atoms with van der Waals surface area (Å²) in [4.78, 5) is 35.9. The molecular weight excluding hydrogens is 276 g/mol. The van der Waals surface area contributed by atoms with Crippen LogP contribution in [0.4, 0.5) is 4.79 Å². The third kappa shape index (κ3) is 5.61. The Bertz CT molecular complexity index is 398. The van der Waals surface area contributed by atoms with Gasteiger partial charge in [-0.05, 0) is 24.7 Å². The van der Waals surface area contributed by atoms with Crippen LogP contribution in [0, 0.1) is 5.41 Å². The smallest absolute Gasteiger partial charge is 0.326 e. The minimum absolute atomic E-state index is 0.0209. The second kappa shape index (κ2) is 7.28. The number of rotatable bonds is 5. The molecule has 1 atom stereocenters. The fraction of sp³-hybridized carbons (Fsp3) is 0.786. The SMILES string of the molecule is COC(=O)CC[C@@H](NC(=O)N1CCC(C)(C)CC1)C(=O)O. The molecule has 1 aliphatic heterocycles. The van der Waals surface area contributed by atoms with E-state index >= 15 is 0 Å². The molecule has 1 fully saturated rings.